The highest BCUT2D eigenvalue weighted by molar-refractivity contribution is 5.99. The Morgan fingerprint density at radius 3 is 2.73 bits per heavy atom. The fourth-order valence-corrected chi connectivity index (χ4v) is 2.43. The molecule has 22 heavy (non-hydrogen) atoms. The van der Waals surface area contributed by atoms with E-state index in [1.807, 2.05) is 31.2 Å². The van der Waals surface area contributed by atoms with E-state index in [-0.39, 0.29) is 0 Å². The zero-order valence-electron chi connectivity index (χ0n) is 12.3. The largest absolute Gasteiger partial charge is 0.494 e. The number of methoxy groups -OCH3 is 1. The number of amides is 1. The number of carbonyl (C=O) groups excluding carboxylic acids is 1. The number of aryl methyl sites for hydroxylation is 1. The Morgan fingerprint density at radius 2 is 2.00 bits per heavy atom. The SMILES string of the molecule is COc1ccc(-c2cncc(C(N)=O)c2)c2ccc(C)nc12. The summed E-state index contributed by atoms with van der Waals surface area (Å²) in [4.78, 5) is 20.0. The summed E-state index contributed by atoms with van der Waals surface area (Å²) < 4.78 is 5.38. The molecule has 5 nitrogen and oxygen atoms in total. The van der Waals surface area contributed by atoms with E-state index in [1.165, 1.54) is 6.20 Å². The summed E-state index contributed by atoms with van der Waals surface area (Å²) in [5, 5.41) is 0.938. The fourth-order valence-electron chi connectivity index (χ4n) is 2.43. The third-order valence-corrected chi connectivity index (χ3v) is 3.51. The molecule has 0 aliphatic heterocycles. The Bertz CT molecular complexity index is 875. The number of hydrogen-bond donors (Lipinski definition) is 1. The maximum Gasteiger partial charge on any atom is 0.250 e. The third kappa shape index (κ3) is 2.37. The maximum atomic E-state index is 11.3. The molecule has 0 aliphatic carbocycles. The lowest BCUT2D eigenvalue weighted by molar-refractivity contribution is 0.1000. The van der Waals surface area contributed by atoms with Crippen molar-refractivity contribution in [1.82, 2.24) is 9.97 Å². The van der Waals surface area contributed by atoms with Crippen LogP contribution in [0.2, 0.25) is 0 Å². The van der Waals surface area contributed by atoms with E-state index >= 15 is 0 Å². The molecule has 0 saturated carbocycles. The highest BCUT2D eigenvalue weighted by atomic mass is 16.5. The first-order valence-electron chi connectivity index (χ1n) is 6.79. The fraction of sp³-hybridized carbons (Fsp3) is 0.118. The highest BCUT2D eigenvalue weighted by Gasteiger charge is 2.11. The van der Waals surface area contributed by atoms with Gasteiger partial charge in [0.05, 0.1) is 12.7 Å². The predicted molar refractivity (Wildman–Crippen MR) is 84.8 cm³/mol. The second-order valence-corrected chi connectivity index (χ2v) is 4.99. The summed E-state index contributed by atoms with van der Waals surface area (Å²) >= 11 is 0. The summed E-state index contributed by atoms with van der Waals surface area (Å²) in [6.45, 7) is 1.93. The molecule has 3 rings (SSSR count). The molecular formula is C17H15N3O2. The lowest BCUT2D eigenvalue weighted by atomic mass is 10.00. The molecule has 0 radical (unpaired) electrons. The third-order valence-electron chi connectivity index (χ3n) is 3.51. The van der Waals surface area contributed by atoms with Crippen LogP contribution in [0.5, 0.6) is 5.75 Å². The first-order chi connectivity index (χ1) is 10.6. The van der Waals surface area contributed by atoms with Crippen LogP contribution in [0.1, 0.15) is 16.1 Å². The Morgan fingerprint density at radius 1 is 1.18 bits per heavy atom. The van der Waals surface area contributed by atoms with E-state index in [4.69, 9.17) is 10.5 Å². The Hall–Kier alpha value is -2.95. The van der Waals surface area contributed by atoms with Gasteiger partial charge in [0.15, 0.2) is 0 Å². The summed E-state index contributed by atoms with van der Waals surface area (Å²) in [7, 11) is 1.62. The van der Waals surface area contributed by atoms with Gasteiger partial charge in [-0.15, -0.1) is 0 Å². The first kappa shape index (κ1) is 14.0. The van der Waals surface area contributed by atoms with Crippen molar-refractivity contribution >= 4 is 16.8 Å². The number of aromatic nitrogens is 2. The Kier molecular flexibility index (Phi) is 3.47. The van der Waals surface area contributed by atoms with Gasteiger partial charge < -0.3 is 10.5 Å². The number of ether oxygens (including phenoxy) is 1. The number of pyridine rings is 2. The van der Waals surface area contributed by atoms with Crippen LogP contribution in [0.3, 0.4) is 0 Å². The van der Waals surface area contributed by atoms with E-state index in [1.54, 1.807) is 19.4 Å². The minimum absolute atomic E-state index is 0.376. The van der Waals surface area contributed by atoms with E-state index < -0.39 is 5.91 Å². The van der Waals surface area contributed by atoms with Gasteiger partial charge in [-0.1, -0.05) is 6.07 Å². The van der Waals surface area contributed by atoms with Gasteiger partial charge in [0.2, 0.25) is 5.91 Å². The number of benzene rings is 1. The van der Waals surface area contributed by atoms with Gasteiger partial charge >= 0.3 is 0 Å². The van der Waals surface area contributed by atoms with Gasteiger partial charge in [0.25, 0.3) is 0 Å². The van der Waals surface area contributed by atoms with E-state index in [2.05, 4.69) is 9.97 Å². The van der Waals surface area contributed by atoms with Crippen molar-refractivity contribution in [1.29, 1.82) is 0 Å². The van der Waals surface area contributed by atoms with E-state index in [0.717, 1.165) is 27.7 Å². The molecule has 3 aromatic rings. The second-order valence-electron chi connectivity index (χ2n) is 4.99. The lowest BCUT2D eigenvalue weighted by Gasteiger charge is -2.11. The van der Waals surface area contributed by atoms with Crippen molar-refractivity contribution in [2.45, 2.75) is 6.92 Å². The number of nitrogens with zero attached hydrogens (tertiary/aromatic N) is 2. The molecule has 0 fully saturated rings. The second kappa shape index (κ2) is 5.44. The normalized spacial score (nSPS) is 10.6. The summed E-state index contributed by atoms with van der Waals surface area (Å²) in [5.41, 5.74) is 9.14. The number of rotatable bonds is 3. The van der Waals surface area contributed by atoms with Crippen LogP contribution in [-0.4, -0.2) is 23.0 Å². The maximum absolute atomic E-state index is 11.3. The zero-order chi connectivity index (χ0) is 15.7. The van der Waals surface area contributed by atoms with Crippen molar-refractivity contribution < 1.29 is 9.53 Å². The number of hydrogen-bond acceptors (Lipinski definition) is 4. The Labute approximate surface area is 127 Å². The van der Waals surface area contributed by atoms with Crippen molar-refractivity contribution in [3.05, 3.63) is 54.0 Å². The monoisotopic (exact) mass is 293 g/mol. The standard InChI is InChI=1S/C17H15N3O2/c1-10-3-4-14-13(5-6-15(22-2)16(14)20-10)11-7-12(17(18)21)9-19-8-11/h3-9H,1-2H3,(H2,18,21). The molecule has 1 amide bonds. The molecule has 2 aromatic heterocycles. The lowest BCUT2D eigenvalue weighted by Crippen LogP contribution is -2.11. The highest BCUT2D eigenvalue weighted by Crippen LogP contribution is 2.33. The van der Waals surface area contributed by atoms with E-state index in [0.29, 0.717) is 11.3 Å². The van der Waals surface area contributed by atoms with Crippen LogP contribution in [-0.2, 0) is 0 Å². The van der Waals surface area contributed by atoms with Crippen LogP contribution in [0.25, 0.3) is 22.0 Å². The van der Waals surface area contributed by atoms with Gasteiger partial charge in [-0.25, -0.2) is 4.98 Å². The number of nitrogens with two attached hydrogens (primary N) is 1. The minimum Gasteiger partial charge on any atom is -0.494 e. The van der Waals surface area contributed by atoms with Crippen LogP contribution in [0.15, 0.2) is 42.7 Å². The van der Waals surface area contributed by atoms with Gasteiger partial charge in [-0.05, 0) is 36.8 Å². The number of primary amides is 1. The average Bonchev–Trinajstić information content (AvgIpc) is 2.53. The van der Waals surface area contributed by atoms with Crippen molar-refractivity contribution in [3.63, 3.8) is 0 Å². The van der Waals surface area contributed by atoms with Crippen LogP contribution >= 0.6 is 0 Å². The van der Waals surface area contributed by atoms with Crippen LogP contribution in [0, 0.1) is 6.92 Å². The molecule has 0 bridgehead atoms. The molecule has 0 saturated heterocycles. The molecular weight excluding hydrogens is 278 g/mol. The smallest absolute Gasteiger partial charge is 0.250 e. The zero-order valence-corrected chi connectivity index (χ0v) is 12.3. The van der Waals surface area contributed by atoms with Crippen LogP contribution < -0.4 is 10.5 Å². The number of carbonyl (C=O) groups is 1. The minimum atomic E-state index is -0.499. The predicted octanol–water partition coefficient (Wildman–Crippen LogP) is 2.71. The van der Waals surface area contributed by atoms with Crippen LogP contribution in [0.4, 0.5) is 0 Å². The van der Waals surface area contributed by atoms with Crippen molar-refractivity contribution in [2.24, 2.45) is 5.73 Å². The molecule has 2 heterocycles. The summed E-state index contributed by atoms with van der Waals surface area (Å²) in [5.74, 6) is 0.211. The van der Waals surface area contributed by atoms with E-state index in [9.17, 15) is 4.79 Å². The summed E-state index contributed by atoms with van der Waals surface area (Å²) in [6, 6.07) is 9.46. The molecule has 0 unspecified atom stereocenters. The van der Waals surface area contributed by atoms with Gasteiger partial charge in [-0.2, -0.15) is 0 Å². The molecule has 1 aromatic carbocycles. The molecule has 5 heteroatoms. The first-order valence-corrected chi connectivity index (χ1v) is 6.79. The number of fused-ring (bicyclic) bond motifs is 1. The topological polar surface area (TPSA) is 78.1 Å². The van der Waals surface area contributed by atoms with Crippen molar-refractivity contribution in [2.75, 3.05) is 7.11 Å². The average molecular weight is 293 g/mol. The van der Waals surface area contributed by atoms with Crippen molar-refractivity contribution in [3.8, 4) is 16.9 Å². The van der Waals surface area contributed by atoms with Gasteiger partial charge in [-0.3, -0.25) is 9.78 Å². The molecule has 110 valence electrons. The Balaban J connectivity index is 2.28. The molecule has 0 aliphatic rings. The van der Waals surface area contributed by atoms with Gasteiger partial charge in [0.1, 0.15) is 11.3 Å². The molecule has 2 N–H and O–H groups in total. The quantitative estimate of drug-likeness (QED) is 0.805. The summed E-state index contributed by atoms with van der Waals surface area (Å²) in [6.07, 6.45) is 3.16. The molecule has 0 atom stereocenters. The van der Waals surface area contributed by atoms with Gasteiger partial charge in [0, 0.05) is 29.0 Å². The molecule has 0 spiro atoms.